The fourth-order valence-corrected chi connectivity index (χ4v) is 6.19. The Morgan fingerprint density at radius 2 is 1.87 bits per heavy atom. The number of hydrogen-bond acceptors (Lipinski definition) is 8. The molecule has 0 aromatic heterocycles. The van der Waals surface area contributed by atoms with Crippen LogP contribution >= 0.6 is 0 Å². The van der Waals surface area contributed by atoms with E-state index in [0.717, 1.165) is 12.8 Å². The van der Waals surface area contributed by atoms with Crippen molar-refractivity contribution in [1.82, 2.24) is 14.9 Å². The number of rotatable bonds is 4. The minimum Gasteiger partial charge on any atom is -0.436 e. The monoisotopic (exact) mass is 557 g/mol. The van der Waals surface area contributed by atoms with Crippen molar-refractivity contribution in [2.24, 2.45) is 11.7 Å². The second kappa shape index (κ2) is 11.4. The largest absolute Gasteiger partial charge is 0.436 e. The maximum atomic E-state index is 13.4. The van der Waals surface area contributed by atoms with Gasteiger partial charge in [-0.15, -0.1) is 0 Å². The number of fused-ring (bicyclic) bond motifs is 2. The predicted molar refractivity (Wildman–Crippen MR) is 137 cm³/mol. The van der Waals surface area contributed by atoms with Gasteiger partial charge in [0.15, 0.2) is 6.10 Å². The Balaban J connectivity index is 1.58. The van der Waals surface area contributed by atoms with Gasteiger partial charge in [-0.25, -0.2) is 17.9 Å². The Hall–Kier alpha value is -3.92. The third-order valence-corrected chi connectivity index (χ3v) is 8.71. The molecule has 2 fully saturated rings. The van der Waals surface area contributed by atoms with Gasteiger partial charge in [0.1, 0.15) is 11.6 Å². The van der Waals surface area contributed by atoms with Crippen LogP contribution in [0.1, 0.15) is 56.9 Å². The molecule has 208 valence electrons. The summed E-state index contributed by atoms with van der Waals surface area (Å²) >= 11 is 0. The molecular formula is C26H31N5O7S. The van der Waals surface area contributed by atoms with Crippen LogP contribution in [0.25, 0.3) is 0 Å². The number of carbonyl (C=O) groups is 4. The molecule has 4 N–H and O–H groups in total. The topological polar surface area (TPSA) is 189 Å². The number of carbonyl (C=O) groups excluding carboxylic acids is 4. The Morgan fingerprint density at radius 3 is 2.56 bits per heavy atom. The normalized spacial score (nSPS) is 28.4. The highest BCUT2D eigenvalue weighted by Gasteiger charge is 2.61. The average molecular weight is 558 g/mol. The lowest BCUT2D eigenvalue weighted by Crippen LogP contribution is -2.57. The zero-order valence-corrected chi connectivity index (χ0v) is 22.1. The molecule has 0 bridgehead atoms. The summed E-state index contributed by atoms with van der Waals surface area (Å²) in [6, 6.07) is 6.08. The van der Waals surface area contributed by atoms with Crippen LogP contribution in [0.4, 0.5) is 4.79 Å². The number of nitrogens with one attached hydrogen (secondary N) is 2. The Kier molecular flexibility index (Phi) is 8.25. The number of amides is 4. The lowest BCUT2D eigenvalue weighted by molar-refractivity contribution is -0.146. The molecule has 2 heterocycles. The molecule has 1 aromatic rings. The quantitative estimate of drug-likeness (QED) is 0.460. The highest BCUT2D eigenvalue weighted by Crippen LogP contribution is 2.45. The molecule has 39 heavy (non-hydrogen) atoms. The molecule has 3 aliphatic rings. The van der Waals surface area contributed by atoms with Crippen LogP contribution in [0, 0.1) is 17.2 Å². The number of nitrogens with zero attached hydrogens (tertiary/aromatic N) is 2. The number of allylic oxidation sites excluding steroid dienone is 1. The Bertz CT molecular complexity index is 1320. The zero-order chi connectivity index (χ0) is 28.2. The van der Waals surface area contributed by atoms with E-state index in [1.807, 2.05) is 18.2 Å². The summed E-state index contributed by atoms with van der Waals surface area (Å²) in [7, 11) is -4.28. The van der Waals surface area contributed by atoms with Crippen molar-refractivity contribution in [2.75, 3.05) is 6.54 Å². The number of benzene rings is 1. The smallest absolute Gasteiger partial charge is 0.405 e. The minimum absolute atomic E-state index is 0.193. The number of nitrogens with two attached hydrogens (primary N) is 1. The fourth-order valence-electron chi connectivity index (χ4n) is 5.16. The summed E-state index contributed by atoms with van der Waals surface area (Å²) in [4.78, 5) is 52.7. The van der Waals surface area contributed by atoms with Gasteiger partial charge in [0, 0.05) is 12.5 Å². The molecule has 13 heteroatoms. The summed E-state index contributed by atoms with van der Waals surface area (Å²) in [5.41, 5.74) is 3.94. The maximum Gasteiger partial charge on any atom is 0.405 e. The summed E-state index contributed by atoms with van der Waals surface area (Å²) in [5.74, 6) is -2.42. The third-order valence-electron chi connectivity index (χ3n) is 7.36. The van der Waals surface area contributed by atoms with Gasteiger partial charge in [-0.3, -0.25) is 14.4 Å². The molecule has 1 saturated heterocycles. The predicted octanol–water partition coefficient (Wildman–Crippen LogP) is 1.21. The first-order valence-corrected chi connectivity index (χ1v) is 14.4. The standard InChI is InChI=1S/C26H31N5O7S/c27-16-17-10-12-19(13-11-17)39(36,37)30-24(34)26-15-18(26)7-4-2-1-3-5-9-21(38-25(28)35)23(33)31-14-6-8-20(31)22(32)29-26/h4,7,10-13,18,20-21H,1-3,5-6,8-9,14-15H2,(H2,28,35)(H,29,32)(H,30,34)/b7-4+. The van der Waals surface area contributed by atoms with Gasteiger partial charge in [0.2, 0.25) is 5.91 Å². The molecule has 1 saturated carbocycles. The molecule has 1 aromatic carbocycles. The second-order valence-electron chi connectivity index (χ2n) is 10.0. The third kappa shape index (κ3) is 6.22. The first-order chi connectivity index (χ1) is 18.6. The molecule has 2 aliphatic heterocycles. The highest BCUT2D eigenvalue weighted by molar-refractivity contribution is 7.90. The SMILES string of the molecule is N#Cc1ccc(S(=O)(=O)NC(=O)C23CC2/C=C/CCCCCC(OC(N)=O)C(=O)N2CCCC2C(=O)N3)cc1. The van der Waals surface area contributed by atoms with E-state index in [1.165, 1.54) is 29.2 Å². The van der Waals surface area contributed by atoms with E-state index in [1.54, 1.807) is 0 Å². The van der Waals surface area contributed by atoms with Gasteiger partial charge in [0.05, 0.1) is 16.5 Å². The van der Waals surface area contributed by atoms with Crippen molar-refractivity contribution >= 4 is 33.8 Å². The van der Waals surface area contributed by atoms with Crippen LogP contribution in [-0.2, 0) is 29.1 Å². The van der Waals surface area contributed by atoms with E-state index in [2.05, 4.69) is 10.0 Å². The molecule has 12 nitrogen and oxygen atoms in total. The molecule has 4 unspecified atom stereocenters. The molecular weight excluding hydrogens is 526 g/mol. The molecule has 4 atom stereocenters. The van der Waals surface area contributed by atoms with E-state index < -0.39 is 57.4 Å². The molecule has 4 rings (SSSR count). The number of hydrogen-bond donors (Lipinski definition) is 3. The molecule has 0 spiro atoms. The van der Waals surface area contributed by atoms with Crippen molar-refractivity contribution in [1.29, 1.82) is 5.26 Å². The van der Waals surface area contributed by atoms with Gasteiger partial charge in [-0.05, 0) is 69.2 Å². The molecule has 0 radical (unpaired) electrons. The highest BCUT2D eigenvalue weighted by atomic mass is 32.2. The fraction of sp³-hybridized carbons (Fsp3) is 0.500. The van der Waals surface area contributed by atoms with Crippen LogP contribution in [0.2, 0.25) is 0 Å². The van der Waals surface area contributed by atoms with Crippen LogP contribution in [0.3, 0.4) is 0 Å². The van der Waals surface area contributed by atoms with Gasteiger partial charge in [-0.2, -0.15) is 5.26 Å². The minimum atomic E-state index is -4.28. The number of nitriles is 1. The summed E-state index contributed by atoms with van der Waals surface area (Å²) in [6.07, 6.45) is 5.69. The second-order valence-corrected chi connectivity index (χ2v) is 11.7. The van der Waals surface area contributed by atoms with Crippen molar-refractivity contribution < 1.29 is 32.3 Å². The Morgan fingerprint density at radius 1 is 1.13 bits per heavy atom. The first kappa shape index (κ1) is 28.1. The van der Waals surface area contributed by atoms with Gasteiger partial charge < -0.3 is 20.7 Å². The van der Waals surface area contributed by atoms with E-state index in [4.69, 9.17) is 15.7 Å². The summed E-state index contributed by atoms with van der Waals surface area (Å²) in [6.45, 7) is 0.269. The van der Waals surface area contributed by atoms with Crippen LogP contribution in [0.15, 0.2) is 41.3 Å². The number of primary amides is 1. The van der Waals surface area contributed by atoms with E-state index in [9.17, 15) is 27.6 Å². The lowest BCUT2D eigenvalue weighted by Gasteiger charge is -2.29. The number of sulfonamides is 1. The van der Waals surface area contributed by atoms with Crippen molar-refractivity contribution in [3.05, 3.63) is 42.0 Å². The summed E-state index contributed by atoms with van der Waals surface area (Å²) < 4.78 is 33.0. The van der Waals surface area contributed by atoms with Crippen molar-refractivity contribution in [3.8, 4) is 6.07 Å². The van der Waals surface area contributed by atoms with Crippen molar-refractivity contribution in [2.45, 2.75) is 73.9 Å². The van der Waals surface area contributed by atoms with E-state index >= 15 is 0 Å². The first-order valence-electron chi connectivity index (χ1n) is 12.9. The zero-order valence-electron chi connectivity index (χ0n) is 21.3. The van der Waals surface area contributed by atoms with Gasteiger partial charge >= 0.3 is 6.09 Å². The van der Waals surface area contributed by atoms with Crippen LogP contribution in [-0.4, -0.2) is 61.4 Å². The van der Waals surface area contributed by atoms with E-state index in [-0.39, 0.29) is 29.8 Å². The maximum absolute atomic E-state index is 13.4. The van der Waals surface area contributed by atoms with Gasteiger partial charge in [-0.1, -0.05) is 18.6 Å². The average Bonchev–Trinajstić information content (AvgIpc) is 3.36. The van der Waals surface area contributed by atoms with Crippen LogP contribution < -0.4 is 15.8 Å². The van der Waals surface area contributed by atoms with E-state index in [0.29, 0.717) is 25.7 Å². The summed E-state index contributed by atoms with van der Waals surface area (Å²) in [5, 5.41) is 11.7. The Labute approximate surface area is 226 Å². The van der Waals surface area contributed by atoms with Crippen molar-refractivity contribution in [3.63, 3.8) is 0 Å². The number of ether oxygens (including phenoxy) is 1. The molecule has 4 amide bonds. The van der Waals surface area contributed by atoms with Gasteiger partial charge in [0.25, 0.3) is 21.8 Å². The lowest BCUT2D eigenvalue weighted by atomic mass is 10.1. The van der Waals surface area contributed by atoms with Crippen LogP contribution in [0.5, 0.6) is 0 Å². The molecule has 1 aliphatic carbocycles.